The predicted octanol–water partition coefficient (Wildman–Crippen LogP) is 6.19. The first-order valence-electron chi connectivity index (χ1n) is 8.81. The molecule has 2 aromatic carbocycles. The number of aliphatic imine (C=N–C) groups is 1. The number of nitrogens with zero attached hydrogens (tertiary/aromatic N) is 4. The second-order valence-electron chi connectivity index (χ2n) is 6.30. The van der Waals surface area contributed by atoms with E-state index in [9.17, 15) is 9.65 Å². The van der Waals surface area contributed by atoms with Gasteiger partial charge in [-0.05, 0) is 49.7 Å². The van der Waals surface area contributed by atoms with E-state index >= 15 is 0 Å². The van der Waals surface area contributed by atoms with Gasteiger partial charge in [0.05, 0.1) is 17.0 Å². The zero-order chi connectivity index (χ0) is 21.0. The van der Waals surface area contributed by atoms with Crippen LogP contribution < -0.4 is 4.74 Å². The van der Waals surface area contributed by atoms with Crippen molar-refractivity contribution in [1.82, 2.24) is 9.27 Å². The van der Waals surface area contributed by atoms with Crippen molar-refractivity contribution >= 4 is 35.2 Å². The van der Waals surface area contributed by atoms with Crippen molar-refractivity contribution in [1.29, 1.82) is 5.26 Å². The van der Waals surface area contributed by atoms with E-state index in [-0.39, 0.29) is 5.82 Å². The number of aryl methyl sites for hydroxylation is 1. The molecule has 0 spiro atoms. The van der Waals surface area contributed by atoms with Gasteiger partial charge in [-0.1, -0.05) is 11.6 Å². The summed E-state index contributed by atoms with van der Waals surface area (Å²) < 4.78 is 23.5. The number of benzene rings is 2. The highest BCUT2D eigenvalue weighted by Gasteiger charge is 2.18. The Hall–Kier alpha value is -2.95. The van der Waals surface area contributed by atoms with Crippen molar-refractivity contribution in [3.63, 3.8) is 0 Å². The van der Waals surface area contributed by atoms with Gasteiger partial charge in [0.1, 0.15) is 28.9 Å². The second kappa shape index (κ2) is 9.03. The Morgan fingerprint density at radius 3 is 2.72 bits per heavy atom. The van der Waals surface area contributed by atoms with Crippen LogP contribution in [0.2, 0.25) is 5.02 Å². The van der Waals surface area contributed by atoms with E-state index < -0.39 is 0 Å². The monoisotopic (exact) mass is 428 g/mol. The summed E-state index contributed by atoms with van der Waals surface area (Å²) in [5, 5.41) is 10.4. The molecule has 0 N–H and O–H groups in total. The average Bonchev–Trinajstić information content (AvgIpc) is 3.12. The maximum Gasteiger partial charge on any atom is 0.218 e. The zero-order valence-corrected chi connectivity index (χ0v) is 17.7. The summed E-state index contributed by atoms with van der Waals surface area (Å²) in [6, 6.07) is 11.4. The Labute approximate surface area is 177 Å². The van der Waals surface area contributed by atoms with E-state index in [0.717, 1.165) is 23.6 Å². The Balaban J connectivity index is 1.91. The molecule has 0 atom stereocenters. The van der Waals surface area contributed by atoms with E-state index in [0.29, 0.717) is 38.3 Å². The third-order valence-electron chi connectivity index (χ3n) is 4.23. The molecule has 0 aliphatic rings. The minimum atomic E-state index is -0.350. The Bertz CT molecular complexity index is 1090. The molecule has 0 fully saturated rings. The van der Waals surface area contributed by atoms with Crippen LogP contribution >= 0.6 is 23.1 Å². The van der Waals surface area contributed by atoms with Crippen LogP contribution in [0.5, 0.6) is 10.8 Å². The summed E-state index contributed by atoms with van der Waals surface area (Å²) in [5.41, 5.74) is 2.85. The minimum absolute atomic E-state index is 0.295. The first-order valence-corrected chi connectivity index (χ1v) is 9.96. The maximum atomic E-state index is 13.2. The lowest BCUT2D eigenvalue weighted by atomic mass is 10.1. The molecule has 1 aromatic heterocycles. The minimum Gasteiger partial charge on any atom is -0.443 e. The lowest BCUT2D eigenvalue weighted by Gasteiger charge is -2.11. The van der Waals surface area contributed by atoms with Crippen LogP contribution in [0.15, 0.2) is 41.4 Å². The average molecular weight is 429 g/mol. The first-order chi connectivity index (χ1) is 13.9. The fourth-order valence-corrected chi connectivity index (χ4v) is 3.38. The van der Waals surface area contributed by atoms with Gasteiger partial charge >= 0.3 is 0 Å². The molecule has 0 unspecified atom stereocenters. The van der Waals surface area contributed by atoms with Crippen LogP contribution in [-0.2, 0) is 0 Å². The molecule has 1 heterocycles. The summed E-state index contributed by atoms with van der Waals surface area (Å²) in [6.07, 6.45) is 1.72. The molecule has 0 aliphatic heterocycles. The van der Waals surface area contributed by atoms with Crippen molar-refractivity contribution in [3.05, 3.63) is 58.4 Å². The van der Waals surface area contributed by atoms with Gasteiger partial charge in [-0.25, -0.2) is 9.38 Å². The van der Waals surface area contributed by atoms with E-state index in [2.05, 4.69) is 15.4 Å². The van der Waals surface area contributed by atoms with E-state index in [1.807, 2.05) is 31.9 Å². The van der Waals surface area contributed by atoms with Crippen LogP contribution in [0.4, 0.5) is 10.1 Å². The molecule has 0 saturated heterocycles. The van der Waals surface area contributed by atoms with Gasteiger partial charge in [-0.2, -0.15) is 9.64 Å². The molecule has 3 rings (SSSR count). The summed E-state index contributed by atoms with van der Waals surface area (Å²) in [4.78, 5) is 6.32. The van der Waals surface area contributed by atoms with Crippen molar-refractivity contribution in [3.8, 4) is 28.1 Å². The zero-order valence-electron chi connectivity index (χ0n) is 16.1. The van der Waals surface area contributed by atoms with Gasteiger partial charge in [0, 0.05) is 36.8 Å². The van der Waals surface area contributed by atoms with Gasteiger partial charge in [0.2, 0.25) is 5.06 Å². The van der Waals surface area contributed by atoms with Crippen LogP contribution in [0.25, 0.3) is 11.3 Å². The van der Waals surface area contributed by atoms with Crippen molar-refractivity contribution in [2.75, 3.05) is 13.6 Å². The van der Waals surface area contributed by atoms with Gasteiger partial charge in [0.15, 0.2) is 0 Å². The normalized spacial score (nSPS) is 10.9. The predicted molar refractivity (Wildman–Crippen MR) is 115 cm³/mol. The van der Waals surface area contributed by atoms with E-state index in [1.54, 1.807) is 24.5 Å². The molecule has 8 heteroatoms. The highest BCUT2D eigenvalue weighted by molar-refractivity contribution is 7.08. The second-order valence-corrected chi connectivity index (χ2v) is 7.44. The van der Waals surface area contributed by atoms with Gasteiger partial charge in [-0.15, -0.1) is 0 Å². The first kappa shape index (κ1) is 20.8. The number of hydrogen-bond acceptors (Lipinski definition) is 5. The Kier molecular flexibility index (Phi) is 6.47. The SMILES string of the molecule is CCN(C)/C=N\c1cc(C)c(Oc2snc(-c3ccc(F)cc3)c2C#N)cc1Cl. The standard InChI is InChI=1S/C21H18ClFN4OS/c1-4-27(3)12-25-18-9-13(2)19(10-17(18)22)28-21-16(11-24)20(26-29-21)14-5-7-15(23)8-6-14/h5-10,12H,4H2,1-3H3/b25-12-. The molecule has 0 radical (unpaired) electrons. The lowest BCUT2D eigenvalue weighted by Crippen LogP contribution is -2.14. The van der Waals surface area contributed by atoms with Crippen LogP contribution in [0, 0.1) is 24.1 Å². The molecule has 0 bridgehead atoms. The molecule has 3 aromatic rings. The van der Waals surface area contributed by atoms with Crippen LogP contribution in [0.3, 0.4) is 0 Å². The highest BCUT2D eigenvalue weighted by atomic mass is 35.5. The van der Waals surface area contributed by atoms with Crippen molar-refractivity contribution < 1.29 is 9.13 Å². The molecular formula is C21H18ClFN4OS. The summed E-state index contributed by atoms with van der Waals surface area (Å²) in [5.74, 6) is 0.167. The lowest BCUT2D eigenvalue weighted by molar-refractivity contribution is 0.491. The topological polar surface area (TPSA) is 61.5 Å². The van der Waals surface area contributed by atoms with Gasteiger partial charge in [0.25, 0.3) is 0 Å². The largest absolute Gasteiger partial charge is 0.443 e. The number of ether oxygens (including phenoxy) is 1. The molecule has 0 amide bonds. The van der Waals surface area contributed by atoms with E-state index in [1.165, 1.54) is 12.1 Å². The van der Waals surface area contributed by atoms with Crippen LogP contribution in [0.1, 0.15) is 18.1 Å². The molecule has 5 nitrogen and oxygen atoms in total. The fourth-order valence-electron chi connectivity index (χ4n) is 2.45. The number of rotatable bonds is 6. The third kappa shape index (κ3) is 4.73. The smallest absolute Gasteiger partial charge is 0.218 e. The Morgan fingerprint density at radius 2 is 2.07 bits per heavy atom. The molecule has 29 heavy (non-hydrogen) atoms. The molecular weight excluding hydrogens is 411 g/mol. The Morgan fingerprint density at radius 1 is 1.34 bits per heavy atom. The van der Waals surface area contributed by atoms with Crippen molar-refractivity contribution in [2.24, 2.45) is 4.99 Å². The third-order valence-corrected chi connectivity index (χ3v) is 5.26. The van der Waals surface area contributed by atoms with Crippen molar-refractivity contribution in [2.45, 2.75) is 13.8 Å². The van der Waals surface area contributed by atoms with E-state index in [4.69, 9.17) is 16.3 Å². The number of nitriles is 1. The quantitative estimate of drug-likeness (QED) is 0.347. The fraction of sp³-hybridized carbons (Fsp3) is 0.190. The molecule has 0 aliphatic carbocycles. The molecule has 0 saturated carbocycles. The van der Waals surface area contributed by atoms with Gasteiger partial charge in [-0.3, -0.25) is 0 Å². The molecule has 148 valence electrons. The summed E-state index contributed by atoms with van der Waals surface area (Å²) in [6.45, 7) is 4.74. The maximum absolute atomic E-state index is 13.2. The summed E-state index contributed by atoms with van der Waals surface area (Å²) in [7, 11) is 1.92. The van der Waals surface area contributed by atoms with Crippen LogP contribution in [-0.4, -0.2) is 29.2 Å². The summed E-state index contributed by atoms with van der Waals surface area (Å²) >= 11 is 7.42. The van der Waals surface area contributed by atoms with Gasteiger partial charge < -0.3 is 9.64 Å². The number of hydrogen-bond donors (Lipinski definition) is 0. The number of aromatic nitrogens is 1. The highest BCUT2D eigenvalue weighted by Crippen LogP contribution is 2.40. The number of halogens is 2.